The van der Waals surface area contributed by atoms with Crippen molar-refractivity contribution in [1.29, 1.82) is 0 Å². The number of aryl methyl sites for hydroxylation is 1. The van der Waals surface area contributed by atoms with Crippen molar-refractivity contribution in [2.45, 2.75) is 37.9 Å². The molecule has 1 heterocycles. The summed E-state index contributed by atoms with van der Waals surface area (Å²) in [7, 11) is 0. The monoisotopic (exact) mass is 284 g/mol. The van der Waals surface area contributed by atoms with Crippen LogP contribution >= 0.6 is 0 Å². The minimum Gasteiger partial charge on any atom is -0.353 e. The van der Waals surface area contributed by atoms with E-state index in [0.717, 1.165) is 24.1 Å². The molecule has 1 aliphatic carbocycles. The van der Waals surface area contributed by atoms with Crippen LogP contribution < -0.4 is 11.1 Å². The van der Waals surface area contributed by atoms with Crippen LogP contribution in [0.3, 0.4) is 0 Å². The summed E-state index contributed by atoms with van der Waals surface area (Å²) in [5, 5.41) is 2.99. The normalized spacial score (nSPS) is 15.7. The van der Waals surface area contributed by atoms with Gasteiger partial charge in [-0.3, -0.25) is 4.79 Å². The van der Waals surface area contributed by atoms with E-state index < -0.39 is 0 Å². The second-order valence-electron chi connectivity index (χ2n) is 5.49. The summed E-state index contributed by atoms with van der Waals surface area (Å²) < 4.78 is 1.96. The van der Waals surface area contributed by atoms with Gasteiger partial charge in [-0.15, -0.1) is 0 Å². The van der Waals surface area contributed by atoms with Gasteiger partial charge in [0.05, 0.1) is 24.3 Å². The highest BCUT2D eigenvalue weighted by atomic mass is 16.1. The molecule has 1 atom stereocenters. The summed E-state index contributed by atoms with van der Waals surface area (Å²) in [4.78, 5) is 15.9. The molecule has 1 aromatic heterocycles. The second kappa shape index (κ2) is 6.10. The lowest BCUT2D eigenvalue weighted by Gasteiger charge is -2.15. The van der Waals surface area contributed by atoms with Gasteiger partial charge >= 0.3 is 0 Å². The first kappa shape index (κ1) is 13.8. The van der Waals surface area contributed by atoms with Gasteiger partial charge in [-0.2, -0.15) is 0 Å². The molecule has 1 aromatic carbocycles. The fourth-order valence-electron chi connectivity index (χ4n) is 2.36. The van der Waals surface area contributed by atoms with Gasteiger partial charge in [0.1, 0.15) is 0 Å². The number of rotatable bonds is 6. The first-order valence-electron chi connectivity index (χ1n) is 7.34. The van der Waals surface area contributed by atoms with Crippen LogP contribution in [-0.2, 0) is 11.3 Å². The van der Waals surface area contributed by atoms with Crippen molar-refractivity contribution in [3.63, 3.8) is 0 Å². The van der Waals surface area contributed by atoms with Gasteiger partial charge in [-0.25, -0.2) is 4.98 Å². The molecule has 1 saturated carbocycles. The van der Waals surface area contributed by atoms with Gasteiger partial charge in [-0.05, 0) is 18.4 Å². The number of nitrogens with one attached hydrogen (secondary N) is 1. The minimum absolute atomic E-state index is 0.102. The Morgan fingerprint density at radius 1 is 1.38 bits per heavy atom. The average molecular weight is 284 g/mol. The van der Waals surface area contributed by atoms with Crippen molar-refractivity contribution in [2.75, 3.05) is 0 Å². The number of hydrogen-bond acceptors (Lipinski definition) is 3. The lowest BCUT2D eigenvalue weighted by molar-refractivity contribution is -0.121. The van der Waals surface area contributed by atoms with E-state index in [-0.39, 0.29) is 11.9 Å². The van der Waals surface area contributed by atoms with Gasteiger partial charge in [0, 0.05) is 19.0 Å². The van der Waals surface area contributed by atoms with Crippen molar-refractivity contribution < 1.29 is 4.79 Å². The Morgan fingerprint density at radius 2 is 2.14 bits per heavy atom. The SMILES string of the molecule is NC(c1ccccc1)c1cncn1CCC(=O)NC1CC1. The van der Waals surface area contributed by atoms with E-state index in [4.69, 9.17) is 5.73 Å². The van der Waals surface area contributed by atoms with Crippen molar-refractivity contribution >= 4 is 5.91 Å². The van der Waals surface area contributed by atoms with Crippen molar-refractivity contribution in [3.05, 3.63) is 54.1 Å². The van der Waals surface area contributed by atoms with E-state index in [1.807, 2.05) is 34.9 Å². The van der Waals surface area contributed by atoms with Gasteiger partial charge in [0.2, 0.25) is 5.91 Å². The fraction of sp³-hybridized carbons (Fsp3) is 0.375. The number of nitrogens with zero attached hydrogens (tertiary/aromatic N) is 2. The molecule has 3 rings (SSSR count). The predicted molar refractivity (Wildman–Crippen MR) is 80.5 cm³/mol. The van der Waals surface area contributed by atoms with E-state index >= 15 is 0 Å². The minimum atomic E-state index is -0.222. The second-order valence-corrected chi connectivity index (χ2v) is 5.49. The number of benzene rings is 1. The van der Waals surface area contributed by atoms with E-state index in [2.05, 4.69) is 10.3 Å². The molecular formula is C16H20N4O. The number of nitrogens with two attached hydrogens (primary N) is 1. The van der Waals surface area contributed by atoms with Gasteiger partial charge < -0.3 is 15.6 Å². The van der Waals surface area contributed by atoms with Crippen LogP contribution in [-0.4, -0.2) is 21.5 Å². The number of carbonyl (C=O) groups excluding carboxylic acids is 1. The van der Waals surface area contributed by atoms with Crippen LogP contribution in [0.2, 0.25) is 0 Å². The Labute approximate surface area is 124 Å². The van der Waals surface area contributed by atoms with Crippen LogP contribution in [0.15, 0.2) is 42.9 Å². The topological polar surface area (TPSA) is 72.9 Å². The van der Waals surface area contributed by atoms with Crippen molar-refractivity contribution in [2.24, 2.45) is 5.73 Å². The molecule has 0 saturated heterocycles. The molecule has 5 heteroatoms. The molecule has 1 unspecified atom stereocenters. The highest BCUT2D eigenvalue weighted by Crippen LogP contribution is 2.20. The van der Waals surface area contributed by atoms with Crippen LogP contribution in [0.1, 0.15) is 36.6 Å². The first-order chi connectivity index (χ1) is 10.2. The number of imidazole rings is 1. The van der Waals surface area contributed by atoms with Crippen LogP contribution in [0.4, 0.5) is 0 Å². The molecular weight excluding hydrogens is 264 g/mol. The number of carbonyl (C=O) groups is 1. The van der Waals surface area contributed by atoms with E-state index in [1.165, 1.54) is 0 Å². The predicted octanol–water partition coefficient (Wildman–Crippen LogP) is 1.60. The highest BCUT2D eigenvalue weighted by molar-refractivity contribution is 5.76. The van der Waals surface area contributed by atoms with Crippen molar-refractivity contribution in [1.82, 2.24) is 14.9 Å². The highest BCUT2D eigenvalue weighted by Gasteiger charge is 2.23. The molecule has 3 N–H and O–H groups in total. The van der Waals surface area contributed by atoms with Crippen LogP contribution in [0.25, 0.3) is 0 Å². The third-order valence-electron chi connectivity index (χ3n) is 3.74. The quantitative estimate of drug-likeness (QED) is 0.846. The molecule has 0 spiro atoms. The Bertz CT molecular complexity index is 604. The fourth-order valence-corrected chi connectivity index (χ4v) is 2.36. The van der Waals surface area contributed by atoms with Crippen LogP contribution in [0.5, 0.6) is 0 Å². The molecule has 1 aliphatic rings. The summed E-state index contributed by atoms with van der Waals surface area (Å²) >= 11 is 0. The maximum absolute atomic E-state index is 11.8. The molecule has 0 aliphatic heterocycles. The lowest BCUT2D eigenvalue weighted by atomic mass is 10.1. The smallest absolute Gasteiger partial charge is 0.222 e. The first-order valence-corrected chi connectivity index (χ1v) is 7.34. The third-order valence-corrected chi connectivity index (χ3v) is 3.74. The standard InChI is InChI=1S/C16H20N4O/c17-16(12-4-2-1-3-5-12)14-10-18-11-20(14)9-8-15(21)19-13-6-7-13/h1-5,10-11,13,16H,6-9,17H2,(H,19,21). The summed E-state index contributed by atoms with van der Waals surface area (Å²) in [6, 6.07) is 10.1. The zero-order valence-electron chi connectivity index (χ0n) is 11.9. The summed E-state index contributed by atoms with van der Waals surface area (Å²) in [5.74, 6) is 0.102. The average Bonchev–Trinajstić information content (AvgIpc) is 3.19. The summed E-state index contributed by atoms with van der Waals surface area (Å²) in [6.45, 7) is 0.606. The Balaban J connectivity index is 1.64. The maximum Gasteiger partial charge on any atom is 0.222 e. The van der Waals surface area contributed by atoms with Crippen LogP contribution in [0, 0.1) is 0 Å². The molecule has 0 radical (unpaired) electrons. The Morgan fingerprint density at radius 3 is 2.86 bits per heavy atom. The molecule has 1 fully saturated rings. The number of aromatic nitrogens is 2. The van der Waals surface area contributed by atoms with E-state index in [1.54, 1.807) is 12.5 Å². The largest absolute Gasteiger partial charge is 0.353 e. The van der Waals surface area contributed by atoms with Gasteiger partial charge in [-0.1, -0.05) is 30.3 Å². The van der Waals surface area contributed by atoms with E-state index in [0.29, 0.717) is 19.0 Å². The molecule has 2 aromatic rings. The maximum atomic E-state index is 11.8. The van der Waals surface area contributed by atoms with Crippen molar-refractivity contribution in [3.8, 4) is 0 Å². The zero-order valence-corrected chi connectivity index (χ0v) is 11.9. The molecule has 1 amide bonds. The van der Waals surface area contributed by atoms with E-state index in [9.17, 15) is 4.79 Å². The Hall–Kier alpha value is -2.14. The number of hydrogen-bond donors (Lipinski definition) is 2. The molecule has 5 nitrogen and oxygen atoms in total. The molecule has 110 valence electrons. The summed E-state index contributed by atoms with van der Waals surface area (Å²) in [5.41, 5.74) is 8.27. The summed E-state index contributed by atoms with van der Waals surface area (Å²) in [6.07, 6.45) is 6.20. The molecule has 21 heavy (non-hydrogen) atoms. The lowest BCUT2D eigenvalue weighted by Crippen LogP contribution is -2.26. The molecule has 0 bridgehead atoms. The third kappa shape index (κ3) is 3.49. The van der Waals surface area contributed by atoms with Gasteiger partial charge in [0.25, 0.3) is 0 Å². The Kier molecular flexibility index (Phi) is 4.01. The zero-order chi connectivity index (χ0) is 14.7. The van der Waals surface area contributed by atoms with Gasteiger partial charge in [0.15, 0.2) is 0 Å². The number of amides is 1.